The van der Waals surface area contributed by atoms with E-state index >= 15 is 0 Å². The topological polar surface area (TPSA) is 110 Å². The van der Waals surface area contributed by atoms with Crippen LogP contribution in [0.5, 0.6) is 0 Å². The number of nitrogens with one attached hydrogen (secondary N) is 1. The Morgan fingerprint density at radius 2 is 1.90 bits per heavy atom. The zero-order chi connectivity index (χ0) is 16.4. The molecule has 118 valence electrons. The summed E-state index contributed by atoms with van der Waals surface area (Å²) in [5, 5.41) is 20.3. The van der Waals surface area contributed by atoms with Gasteiger partial charge in [0.05, 0.1) is 15.9 Å². The highest BCUT2D eigenvalue weighted by Crippen LogP contribution is 2.31. The number of aliphatic hydroxyl groups is 1. The molecule has 1 aromatic carbocycles. The Bertz CT molecular complexity index is 653. The summed E-state index contributed by atoms with van der Waals surface area (Å²) in [5.74, 6) is 0. The first kappa shape index (κ1) is 17.5. The number of sulfonamides is 1. The van der Waals surface area contributed by atoms with E-state index in [0.717, 1.165) is 0 Å². The van der Waals surface area contributed by atoms with E-state index in [-0.39, 0.29) is 29.1 Å². The molecule has 0 bridgehead atoms. The smallest absolute Gasteiger partial charge is 0.276 e. The number of nitro groups is 1. The van der Waals surface area contributed by atoms with Gasteiger partial charge in [-0.3, -0.25) is 10.1 Å². The van der Waals surface area contributed by atoms with Gasteiger partial charge < -0.3 is 5.11 Å². The predicted octanol–water partition coefficient (Wildman–Crippen LogP) is 1.57. The average Bonchev–Trinajstić information content (AvgIpc) is 2.25. The van der Waals surface area contributed by atoms with Gasteiger partial charge in [0, 0.05) is 17.7 Å². The lowest BCUT2D eigenvalue weighted by atomic mass is 10.1. The minimum Gasteiger partial charge on any atom is -0.393 e. The number of nitrogens with zero attached hydrogens (tertiary/aromatic N) is 1. The molecule has 1 aromatic rings. The van der Waals surface area contributed by atoms with E-state index < -0.39 is 21.1 Å². The van der Waals surface area contributed by atoms with E-state index in [1.54, 1.807) is 20.8 Å². The Hall–Kier alpha value is -1.51. The van der Waals surface area contributed by atoms with Crippen LogP contribution >= 0.6 is 0 Å². The van der Waals surface area contributed by atoms with Gasteiger partial charge in [0.25, 0.3) is 5.69 Å². The molecule has 21 heavy (non-hydrogen) atoms. The summed E-state index contributed by atoms with van der Waals surface area (Å²) in [6.07, 6.45) is -0.354. The van der Waals surface area contributed by atoms with Crippen molar-refractivity contribution in [1.82, 2.24) is 4.72 Å². The van der Waals surface area contributed by atoms with Gasteiger partial charge in [0.1, 0.15) is 0 Å². The van der Waals surface area contributed by atoms with E-state index in [0.29, 0.717) is 11.1 Å². The third-order valence-corrected chi connectivity index (χ3v) is 4.92. The van der Waals surface area contributed by atoms with Crippen LogP contribution < -0.4 is 4.72 Å². The first-order valence-electron chi connectivity index (χ1n) is 6.51. The standard InChI is InChI=1S/C13H20N2O5S/c1-8-7-9(2)13(11(4)12(8)15(17)18)21(19,20)14-6-5-10(3)16/h7,10,14,16H,5-6H2,1-4H3. The Labute approximate surface area is 124 Å². The Morgan fingerprint density at radius 1 is 1.33 bits per heavy atom. The molecule has 1 rings (SSSR count). The molecule has 0 heterocycles. The van der Waals surface area contributed by atoms with E-state index in [1.165, 1.54) is 13.0 Å². The lowest BCUT2D eigenvalue weighted by Crippen LogP contribution is -2.28. The Morgan fingerprint density at radius 3 is 2.38 bits per heavy atom. The minimum atomic E-state index is -3.86. The maximum atomic E-state index is 12.3. The monoisotopic (exact) mass is 316 g/mol. The van der Waals surface area contributed by atoms with Crippen molar-refractivity contribution in [2.75, 3.05) is 6.54 Å². The van der Waals surface area contributed by atoms with E-state index in [4.69, 9.17) is 5.11 Å². The van der Waals surface area contributed by atoms with Crippen LogP contribution in [0.15, 0.2) is 11.0 Å². The molecule has 0 radical (unpaired) electrons. The van der Waals surface area contributed by atoms with Crippen molar-refractivity contribution < 1.29 is 18.4 Å². The fourth-order valence-corrected chi connectivity index (χ4v) is 3.84. The first-order chi connectivity index (χ1) is 9.58. The lowest BCUT2D eigenvalue weighted by Gasteiger charge is -2.14. The van der Waals surface area contributed by atoms with Crippen LogP contribution in [0, 0.1) is 30.9 Å². The number of aryl methyl sites for hydroxylation is 2. The van der Waals surface area contributed by atoms with Crippen LogP contribution in [-0.2, 0) is 10.0 Å². The summed E-state index contributed by atoms with van der Waals surface area (Å²) in [6, 6.07) is 1.49. The molecule has 0 aliphatic rings. The third-order valence-electron chi connectivity index (χ3n) is 3.17. The number of aliphatic hydroxyl groups excluding tert-OH is 1. The fourth-order valence-electron chi connectivity index (χ4n) is 2.33. The van der Waals surface area contributed by atoms with Gasteiger partial charge in [0.2, 0.25) is 10.0 Å². The van der Waals surface area contributed by atoms with Crippen LogP contribution in [0.1, 0.15) is 30.0 Å². The number of benzene rings is 1. The second kappa shape index (κ2) is 6.50. The Balaban J connectivity index is 3.29. The summed E-state index contributed by atoms with van der Waals surface area (Å²) in [7, 11) is -3.86. The number of hydrogen-bond donors (Lipinski definition) is 2. The number of hydrogen-bond acceptors (Lipinski definition) is 5. The zero-order valence-electron chi connectivity index (χ0n) is 12.5. The first-order valence-corrected chi connectivity index (χ1v) is 7.99. The quantitative estimate of drug-likeness (QED) is 0.611. The van der Waals surface area contributed by atoms with Gasteiger partial charge in [-0.05, 0) is 45.7 Å². The summed E-state index contributed by atoms with van der Waals surface area (Å²) in [6.45, 7) is 6.24. The summed E-state index contributed by atoms with van der Waals surface area (Å²) < 4.78 is 27.0. The van der Waals surface area contributed by atoms with Gasteiger partial charge in [-0.1, -0.05) is 0 Å². The highest BCUT2D eigenvalue weighted by atomic mass is 32.2. The molecule has 2 N–H and O–H groups in total. The number of rotatable bonds is 6. The van der Waals surface area contributed by atoms with Gasteiger partial charge in [-0.25, -0.2) is 13.1 Å². The molecule has 0 aliphatic carbocycles. The highest BCUT2D eigenvalue weighted by molar-refractivity contribution is 7.89. The van der Waals surface area contributed by atoms with Crippen molar-refractivity contribution >= 4 is 15.7 Å². The predicted molar refractivity (Wildman–Crippen MR) is 78.8 cm³/mol. The molecule has 0 aromatic heterocycles. The van der Waals surface area contributed by atoms with E-state index in [9.17, 15) is 18.5 Å². The molecule has 8 heteroatoms. The van der Waals surface area contributed by atoms with Crippen LogP contribution in [-0.4, -0.2) is 31.1 Å². The molecule has 0 amide bonds. The van der Waals surface area contributed by atoms with Crippen molar-refractivity contribution in [2.24, 2.45) is 0 Å². The van der Waals surface area contributed by atoms with Crippen LogP contribution in [0.25, 0.3) is 0 Å². The van der Waals surface area contributed by atoms with Gasteiger partial charge in [-0.15, -0.1) is 0 Å². The van der Waals surface area contributed by atoms with Crippen molar-refractivity contribution in [2.45, 2.75) is 45.1 Å². The molecular weight excluding hydrogens is 296 g/mol. The van der Waals surface area contributed by atoms with Crippen LogP contribution in [0.2, 0.25) is 0 Å². The van der Waals surface area contributed by atoms with E-state index in [1.807, 2.05) is 0 Å². The SMILES string of the molecule is Cc1cc(C)c(S(=O)(=O)NCCC(C)O)c(C)c1[N+](=O)[O-]. The van der Waals surface area contributed by atoms with Crippen molar-refractivity contribution in [1.29, 1.82) is 0 Å². The molecule has 0 saturated carbocycles. The summed E-state index contributed by atoms with van der Waals surface area (Å²) in [5.41, 5.74) is 0.830. The molecule has 1 unspecified atom stereocenters. The molecule has 0 fully saturated rings. The highest BCUT2D eigenvalue weighted by Gasteiger charge is 2.27. The summed E-state index contributed by atoms with van der Waals surface area (Å²) >= 11 is 0. The normalized spacial score (nSPS) is 13.2. The molecule has 7 nitrogen and oxygen atoms in total. The molecule has 0 saturated heterocycles. The fraction of sp³-hybridized carbons (Fsp3) is 0.538. The van der Waals surface area contributed by atoms with Gasteiger partial charge >= 0.3 is 0 Å². The van der Waals surface area contributed by atoms with Crippen molar-refractivity contribution in [3.63, 3.8) is 0 Å². The van der Waals surface area contributed by atoms with Crippen molar-refractivity contribution in [3.8, 4) is 0 Å². The van der Waals surface area contributed by atoms with Gasteiger partial charge in [0.15, 0.2) is 0 Å². The van der Waals surface area contributed by atoms with Crippen molar-refractivity contribution in [3.05, 3.63) is 32.9 Å². The van der Waals surface area contributed by atoms with E-state index in [2.05, 4.69) is 4.72 Å². The second-order valence-corrected chi connectivity index (χ2v) is 6.81. The van der Waals surface area contributed by atoms with Gasteiger partial charge in [-0.2, -0.15) is 0 Å². The maximum absolute atomic E-state index is 12.3. The van der Waals surface area contributed by atoms with Crippen LogP contribution in [0.4, 0.5) is 5.69 Å². The molecular formula is C13H20N2O5S. The molecule has 0 spiro atoms. The Kier molecular flexibility index (Phi) is 5.43. The summed E-state index contributed by atoms with van der Waals surface area (Å²) in [4.78, 5) is 10.5. The maximum Gasteiger partial charge on any atom is 0.276 e. The largest absolute Gasteiger partial charge is 0.393 e. The zero-order valence-corrected chi connectivity index (χ0v) is 13.3. The number of nitro benzene ring substituents is 1. The van der Waals surface area contributed by atoms with Crippen LogP contribution in [0.3, 0.4) is 0 Å². The average molecular weight is 316 g/mol. The minimum absolute atomic E-state index is 0.0645. The second-order valence-electron chi connectivity index (χ2n) is 5.11. The lowest BCUT2D eigenvalue weighted by molar-refractivity contribution is -0.386. The third kappa shape index (κ3) is 3.99. The molecule has 1 atom stereocenters. The molecule has 0 aliphatic heterocycles.